The van der Waals surface area contributed by atoms with Crippen LogP contribution in [0, 0.1) is 0 Å². The molecule has 0 amide bonds. The van der Waals surface area contributed by atoms with Crippen LogP contribution >= 0.6 is 0 Å². The van der Waals surface area contributed by atoms with Gasteiger partial charge >= 0.3 is 11.9 Å². The highest BCUT2D eigenvalue weighted by atomic mass is 16.5. The molecule has 0 saturated carbocycles. The van der Waals surface area contributed by atoms with Crippen molar-refractivity contribution < 1.29 is 19.1 Å². The number of carbonyl (C=O) groups is 2. The molecular weight excluding hydrogens is 352 g/mol. The second-order valence-corrected chi connectivity index (χ2v) is 7.94. The summed E-state index contributed by atoms with van der Waals surface area (Å²) in [6.07, 6.45) is 23.6. The number of ether oxygens (including phenoxy) is 2. The molecule has 162 valence electrons. The molecule has 1 aliphatic heterocycles. The Morgan fingerprint density at radius 2 is 0.750 bits per heavy atom. The van der Waals surface area contributed by atoms with Crippen molar-refractivity contribution >= 4 is 11.9 Å². The fraction of sp³-hybridized carbons (Fsp3) is 0.833. The van der Waals surface area contributed by atoms with Crippen LogP contribution in [0.15, 0.2) is 12.2 Å². The minimum atomic E-state index is -0.120. The summed E-state index contributed by atoms with van der Waals surface area (Å²) in [6, 6.07) is 0. The van der Waals surface area contributed by atoms with Gasteiger partial charge in [0.2, 0.25) is 0 Å². The monoisotopic (exact) mass is 394 g/mol. The van der Waals surface area contributed by atoms with Crippen LogP contribution in [-0.4, -0.2) is 25.2 Å². The molecule has 0 atom stereocenters. The molecule has 0 spiro atoms. The summed E-state index contributed by atoms with van der Waals surface area (Å²) >= 11 is 0. The molecule has 0 aliphatic carbocycles. The lowest BCUT2D eigenvalue weighted by Crippen LogP contribution is -2.05. The summed E-state index contributed by atoms with van der Waals surface area (Å²) < 4.78 is 10.5. The first kappa shape index (κ1) is 24.7. The van der Waals surface area contributed by atoms with Gasteiger partial charge in [0.25, 0.3) is 0 Å². The van der Waals surface area contributed by atoms with Crippen molar-refractivity contribution in [2.24, 2.45) is 0 Å². The number of rotatable bonds is 0. The number of carbonyl (C=O) groups excluding carboxylic acids is 2. The van der Waals surface area contributed by atoms with Crippen molar-refractivity contribution in [2.45, 2.75) is 116 Å². The Bertz CT molecular complexity index is 379. The van der Waals surface area contributed by atoms with E-state index in [4.69, 9.17) is 9.47 Å². The van der Waals surface area contributed by atoms with E-state index in [1.54, 1.807) is 0 Å². The molecule has 1 aliphatic rings. The van der Waals surface area contributed by atoms with Gasteiger partial charge in [-0.15, -0.1) is 0 Å². The van der Waals surface area contributed by atoms with Crippen molar-refractivity contribution in [3.05, 3.63) is 12.2 Å². The Labute approximate surface area is 172 Å². The van der Waals surface area contributed by atoms with Crippen LogP contribution in [0.25, 0.3) is 0 Å². The topological polar surface area (TPSA) is 52.6 Å². The number of esters is 2. The molecule has 1 heterocycles. The summed E-state index contributed by atoms with van der Waals surface area (Å²) in [5.41, 5.74) is 0. The first-order valence-corrected chi connectivity index (χ1v) is 11.8. The Balaban J connectivity index is 2.19. The van der Waals surface area contributed by atoms with Gasteiger partial charge in [0.05, 0.1) is 13.2 Å². The number of hydrogen-bond donors (Lipinski definition) is 0. The number of cyclic esters (lactones) is 2. The Hall–Kier alpha value is -1.32. The van der Waals surface area contributed by atoms with Crippen molar-refractivity contribution in [1.82, 2.24) is 0 Å². The molecule has 0 aromatic rings. The van der Waals surface area contributed by atoms with Crippen molar-refractivity contribution in [1.29, 1.82) is 0 Å². The highest BCUT2D eigenvalue weighted by Crippen LogP contribution is 2.13. The van der Waals surface area contributed by atoms with Gasteiger partial charge in [0, 0.05) is 12.8 Å². The normalized spacial score (nSPS) is 22.1. The molecule has 0 saturated heterocycles. The summed E-state index contributed by atoms with van der Waals surface area (Å²) in [5, 5.41) is 0. The van der Waals surface area contributed by atoms with Crippen LogP contribution in [0.5, 0.6) is 0 Å². The molecule has 1 rings (SSSR count). The first-order chi connectivity index (χ1) is 13.8. The third-order valence-electron chi connectivity index (χ3n) is 5.26. The SMILES string of the molecule is O=C1CCC=CCCC(=O)OCCCCCCCCCCCCCCCCO1. The van der Waals surface area contributed by atoms with Gasteiger partial charge in [-0.2, -0.15) is 0 Å². The van der Waals surface area contributed by atoms with Crippen molar-refractivity contribution in [3.8, 4) is 0 Å². The molecule has 0 N–H and O–H groups in total. The van der Waals surface area contributed by atoms with Gasteiger partial charge in [-0.3, -0.25) is 9.59 Å². The maximum Gasteiger partial charge on any atom is 0.306 e. The van der Waals surface area contributed by atoms with Gasteiger partial charge in [0.1, 0.15) is 0 Å². The molecule has 0 aromatic heterocycles. The molecule has 0 radical (unpaired) electrons. The first-order valence-electron chi connectivity index (χ1n) is 11.8. The maximum absolute atomic E-state index is 11.7. The van der Waals surface area contributed by atoms with Gasteiger partial charge in [0.15, 0.2) is 0 Å². The molecule has 4 heteroatoms. The summed E-state index contributed by atoms with van der Waals surface area (Å²) in [4.78, 5) is 23.3. The van der Waals surface area contributed by atoms with Crippen LogP contribution < -0.4 is 0 Å². The maximum atomic E-state index is 11.7. The van der Waals surface area contributed by atoms with Gasteiger partial charge in [-0.05, 0) is 25.7 Å². The zero-order valence-electron chi connectivity index (χ0n) is 17.9. The zero-order chi connectivity index (χ0) is 20.1. The van der Waals surface area contributed by atoms with E-state index in [1.807, 2.05) is 12.2 Å². The van der Waals surface area contributed by atoms with E-state index in [9.17, 15) is 9.59 Å². The van der Waals surface area contributed by atoms with Gasteiger partial charge in [-0.25, -0.2) is 0 Å². The smallest absolute Gasteiger partial charge is 0.306 e. The third kappa shape index (κ3) is 16.8. The lowest BCUT2D eigenvalue weighted by atomic mass is 10.0. The van der Waals surface area contributed by atoms with E-state index in [-0.39, 0.29) is 11.9 Å². The molecular formula is C24H42O4. The van der Waals surface area contributed by atoms with E-state index in [0.29, 0.717) is 38.9 Å². The van der Waals surface area contributed by atoms with Crippen LogP contribution in [0.1, 0.15) is 116 Å². The standard InChI is InChI=1S/C24H42O4/c25-23-19-15-11-12-16-20-24(26)28-22-18-14-10-8-6-4-2-1-3-5-7-9-13-17-21-27-23/h11-12H,1-10,13-22H2. The lowest BCUT2D eigenvalue weighted by molar-refractivity contribution is -0.144. The number of allylic oxidation sites excluding steroid dienone is 2. The minimum Gasteiger partial charge on any atom is -0.466 e. The highest BCUT2D eigenvalue weighted by molar-refractivity contribution is 5.70. The summed E-state index contributed by atoms with van der Waals surface area (Å²) in [7, 11) is 0. The molecule has 0 aromatic carbocycles. The van der Waals surface area contributed by atoms with E-state index in [0.717, 1.165) is 25.7 Å². The average Bonchev–Trinajstić information content (AvgIpc) is 2.69. The molecule has 0 bridgehead atoms. The Morgan fingerprint density at radius 3 is 1.07 bits per heavy atom. The third-order valence-corrected chi connectivity index (χ3v) is 5.26. The second kappa shape index (κ2) is 19.0. The predicted octanol–water partition coefficient (Wildman–Crippen LogP) is 6.66. The van der Waals surface area contributed by atoms with E-state index < -0.39 is 0 Å². The van der Waals surface area contributed by atoms with E-state index in [1.165, 1.54) is 64.2 Å². The molecule has 4 nitrogen and oxygen atoms in total. The van der Waals surface area contributed by atoms with Gasteiger partial charge in [-0.1, -0.05) is 89.2 Å². The molecule has 0 unspecified atom stereocenters. The summed E-state index contributed by atoms with van der Waals surface area (Å²) in [5.74, 6) is -0.240. The van der Waals surface area contributed by atoms with Crippen LogP contribution in [0.3, 0.4) is 0 Å². The molecule has 0 fully saturated rings. The van der Waals surface area contributed by atoms with Crippen LogP contribution in [-0.2, 0) is 19.1 Å². The zero-order valence-corrected chi connectivity index (χ0v) is 17.9. The van der Waals surface area contributed by atoms with Crippen LogP contribution in [0.4, 0.5) is 0 Å². The van der Waals surface area contributed by atoms with Crippen LogP contribution in [0.2, 0.25) is 0 Å². The second-order valence-electron chi connectivity index (χ2n) is 7.94. The average molecular weight is 395 g/mol. The molecule has 28 heavy (non-hydrogen) atoms. The number of hydrogen-bond acceptors (Lipinski definition) is 4. The van der Waals surface area contributed by atoms with Gasteiger partial charge < -0.3 is 9.47 Å². The summed E-state index contributed by atoms with van der Waals surface area (Å²) in [6.45, 7) is 1.10. The Morgan fingerprint density at radius 1 is 0.464 bits per heavy atom. The van der Waals surface area contributed by atoms with E-state index in [2.05, 4.69) is 0 Å². The van der Waals surface area contributed by atoms with Crippen molar-refractivity contribution in [2.75, 3.05) is 13.2 Å². The van der Waals surface area contributed by atoms with Crippen molar-refractivity contribution in [3.63, 3.8) is 0 Å². The largest absolute Gasteiger partial charge is 0.466 e. The fourth-order valence-electron chi connectivity index (χ4n) is 3.48. The highest BCUT2D eigenvalue weighted by Gasteiger charge is 2.03. The van der Waals surface area contributed by atoms with E-state index >= 15 is 0 Å². The lowest BCUT2D eigenvalue weighted by Gasteiger charge is -2.06. The quantitative estimate of drug-likeness (QED) is 0.340. The fourth-order valence-corrected chi connectivity index (χ4v) is 3.48. The minimum absolute atomic E-state index is 0.120. The Kier molecular flexibility index (Phi) is 16.8. The predicted molar refractivity (Wildman–Crippen MR) is 114 cm³/mol.